The van der Waals surface area contributed by atoms with Crippen LogP contribution in [0.2, 0.25) is 0 Å². The van der Waals surface area contributed by atoms with Crippen LogP contribution in [0.4, 0.5) is 0 Å². The lowest BCUT2D eigenvalue weighted by Crippen LogP contribution is -2.42. The molecule has 5 nitrogen and oxygen atoms in total. The van der Waals surface area contributed by atoms with Crippen LogP contribution in [0.1, 0.15) is 31.4 Å². The summed E-state index contributed by atoms with van der Waals surface area (Å²) in [7, 11) is 0. The third-order valence-electron chi connectivity index (χ3n) is 3.44. The average molecular weight is 291 g/mol. The smallest absolute Gasteiger partial charge is 0.306 e. The maximum Gasteiger partial charge on any atom is 0.306 e. The summed E-state index contributed by atoms with van der Waals surface area (Å²) in [6.45, 7) is 3.73. The van der Waals surface area contributed by atoms with Gasteiger partial charge in [-0.1, -0.05) is 30.3 Å². The van der Waals surface area contributed by atoms with E-state index >= 15 is 0 Å². The van der Waals surface area contributed by atoms with Crippen LogP contribution >= 0.6 is 0 Å². The fraction of sp³-hybridized carbons (Fsp3) is 0.500. The normalized spacial score (nSPS) is 18.3. The van der Waals surface area contributed by atoms with Crippen LogP contribution in [0.5, 0.6) is 0 Å². The molecule has 0 radical (unpaired) electrons. The van der Waals surface area contributed by atoms with Crippen molar-refractivity contribution in [3.63, 3.8) is 0 Å². The van der Waals surface area contributed by atoms with Crippen molar-refractivity contribution in [2.45, 2.75) is 25.9 Å². The SMILES string of the molecule is CCOC(=O)CCC(=O)N1CCOC(c2ccccc2)C1. The maximum absolute atomic E-state index is 12.1. The number of morpholine rings is 1. The topological polar surface area (TPSA) is 55.8 Å². The summed E-state index contributed by atoms with van der Waals surface area (Å²) in [6.07, 6.45) is 0.242. The van der Waals surface area contributed by atoms with E-state index in [2.05, 4.69) is 0 Å². The Hall–Kier alpha value is -1.88. The fourth-order valence-corrected chi connectivity index (χ4v) is 2.35. The summed E-state index contributed by atoms with van der Waals surface area (Å²) >= 11 is 0. The highest BCUT2D eigenvalue weighted by Gasteiger charge is 2.25. The Balaban J connectivity index is 1.86. The van der Waals surface area contributed by atoms with Gasteiger partial charge in [0.15, 0.2) is 0 Å². The number of ether oxygens (including phenoxy) is 2. The van der Waals surface area contributed by atoms with Crippen molar-refractivity contribution < 1.29 is 19.1 Å². The van der Waals surface area contributed by atoms with E-state index in [0.29, 0.717) is 26.3 Å². The average Bonchev–Trinajstić information content (AvgIpc) is 2.54. The number of rotatable bonds is 5. The molecule has 114 valence electrons. The Morgan fingerprint density at radius 2 is 2.05 bits per heavy atom. The summed E-state index contributed by atoms with van der Waals surface area (Å²) < 4.78 is 10.6. The van der Waals surface area contributed by atoms with Gasteiger partial charge < -0.3 is 14.4 Å². The summed E-state index contributed by atoms with van der Waals surface area (Å²) in [4.78, 5) is 25.2. The number of carbonyl (C=O) groups is 2. The second-order valence-electron chi connectivity index (χ2n) is 4.91. The van der Waals surface area contributed by atoms with Crippen molar-refractivity contribution in [3.8, 4) is 0 Å². The Morgan fingerprint density at radius 3 is 2.76 bits per heavy atom. The van der Waals surface area contributed by atoms with Crippen LogP contribution in [0.15, 0.2) is 30.3 Å². The molecule has 1 aromatic carbocycles. The molecule has 0 N–H and O–H groups in total. The van der Waals surface area contributed by atoms with Gasteiger partial charge in [-0.05, 0) is 12.5 Å². The molecule has 1 heterocycles. The van der Waals surface area contributed by atoms with Crippen molar-refractivity contribution in [1.82, 2.24) is 4.90 Å². The molecule has 1 atom stereocenters. The fourth-order valence-electron chi connectivity index (χ4n) is 2.35. The molecule has 1 aromatic rings. The van der Waals surface area contributed by atoms with Crippen molar-refractivity contribution >= 4 is 11.9 Å². The lowest BCUT2D eigenvalue weighted by molar-refractivity contribution is -0.147. The Labute approximate surface area is 124 Å². The number of esters is 1. The van der Waals surface area contributed by atoms with Crippen LogP contribution in [0.3, 0.4) is 0 Å². The first-order valence-electron chi connectivity index (χ1n) is 7.30. The molecule has 0 saturated carbocycles. The zero-order valence-corrected chi connectivity index (χ0v) is 12.3. The first kappa shape index (κ1) is 15.5. The van der Waals surface area contributed by atoms with Gasteiger partial charge in [-0.2, -0.15) is 0 Å². The van der Waals surface area contributed by atoms with E-state index in [9.17, 15) is 9.59 Å². The van der Waals surface area contributed by atoms with Crippen LogP contribution in [-0.4, -0.2) is 43.1 Å². The number of carbonyl (C=O) groups excluding carboxylic acids is 2. The van der Waals surface area contributed by atoms with Crippen molar-refractivity contribution in [2.24, 2.45) is 0 Å². The Morgan fingerprint density at radius 1 is 1.29 bits per heavy atom. The first-order valence-corrected chi connectivity index (χ1v) is 7.30. The zero-order valence-electron chi connectivity index (χ0n) is 12.3. The van der Waals surface area contributed by atoms with Crippen LogP contribution < -0.4 is 0 Å². The van der Waals surface area contributed by atoms with E-state index in [-0.39, 0.29) is 30.8 Å². The molecular formula is C16H21NO4. The Kier molecular flexibility index (Phi) is 5.75. The molecule has 1 saturated heterocycles. The molecule has 0 spiro atoms. The van der Waals surface area contributed by atoms with Gasteiger partial charge in [-0.25, -0.2) is 0 Å². The molecule has 21 heavy (non-hydrogen) atoms. The minimum atomic E-state index is -0.321. The predicted molar refractivity (Wildman–Crippen MR) is 77.6 cm³/mol. The summed E-state index contributed by atoms with van der Waals surface area (Å²) in [5, 5.41) is 0. The van der Waals surface area contributed by atoms with E-state index in [1.54, 1.807) is 11.8 Å². The van der Waals surface area contributed by atoms with Gasteiger partial charge in [0.2, 0.25) is 5.91 Å². The van der Waals surface area contributed by atoms with Gasteiger partial charge in [0.05, 0.1) is 26.2 Å². The number of benzene rings is 1. The number of hydrogen-bond acceptors (Lipinski definition) is 4. The lowest BCUT2D eigenvalue weighted by atomic mass is 10.1. The van der Waals surface area contributed by atoms with Crippen LogP contribution in [0.25, 0.3) is 0 Å². The molecule has 1 amide bonds. The quantitative estimate of drug-likeness (QED) is 0.778. The summed E-state index contributed by atoms with van der Waals surface area (Å²) in [5.74, 6) is -0.342. The minimum absolute atomic E-state index is 0.0210. The second-order valence-corrected chi connectivity index (χ2v) is 4.91. The highest BCUT2D eigenvalue weighted by Crippen LogP contribution is 2.22. The predicted octanol–water partition coefficient (Wildman–Crippen LogP) is 1.93. The molecule has 1 aliphatic heterocycles. The molecular weight excluding hydrogens is 270 g/mol. The third-order valence-corrected chi connectivity index (χ3v) is 3.44. The first-order chi connectivity index (χ1) is 10.2. The summed E-state index contributed by atoms with van der Waals surface area (Å²) in [6, 6.07) is 9.86. The lowest BCUT2D eigenvalue weighted by Gasteiger charge is -2.33. The van der Waals surface area contributed by atoms with Crippen LogP contribution in [0, 0.1) is 0 Å². The van der Waals surface area contributed by atoms with Crippen molar-refractivity contribution in [1.29, 1.82) is 0 Å². The van der Waals surface area contributed by atoms with E-state index < -0.39 is 0 Å². The van der Waals surface area contributed by atoms with Gasteiger partial charge in [-0.3, -0.25) is 9.59 Å². The molecule has 0 aromatic heterocycles. The highest BCUT2D eigenvalue weighted by molar-refractivity contribution is 5.81. The van der Waals surface area contributed by atoms with Gasteiger partial charge >= 0.3 is 5.97 Å². The number of hydrogen-bond donors (Lipinski definition) is 0. The molecule has 5 heteroatoms. The minimum Gasteiger partial charge on any atom is -0.466 e. The number of nitrogens with zero attached hydrogens (tertiary/aromatic N) is 1. The molecule has 2 rings (SSSR count). The van der Waals surface area contributed by atoms with Gasteiger partial charge in [-0.15, -0.1) is 0 Å². The Bertz CT molecular complexity index is 474. The van der Waals surface area contributed by atoms with Crippen molar-refractivity contribution in [3.05, 3.63) is 35.9 Å². The molecule has 0 bridgehead atoms. The van der Waals surface area contributed by atoms with E-state index in [4.69, 9.17) is 9.47 Å². The van der Waals surface area contributed by atoms with E-state index in [1.807, 2.05) is 30.3 Å². The third kappa shape index (κ3) is 4.56. The van der Waals surface area contributed by atoms with E-state index in [1.165, 1.54) is 0 Å². The maximum atomic E-state index is 12.1. The second kappa shape index (κ2) is 7.78. The largest absolute Gasteiger partial charge is 0.466 e. The van der Waals surface area contributed by atoms with Crippen LogP contribution in [-0.2, 0) is 19.1 Å². The molecule has 1 fully saturated rings. The van der Waals surface area contributed by atoms with Gasteiger partial charge in [0.1, 0.15) is 6.10 Å². The molecule has 1 aliphatic rings. The molecule has 1 unspecified atom stereocenters. The molecule has 0 aliphatic carbocycles. The standard InChI is InChI=1S/C16H21NO4/c1-2-20-16(19)9-8-15(18)17-10-11-21-14(12-17)13-6-4-3-5-7-13/h3-7,14H,2,8-12H2,1H3. The number of amides is 1. The van der Waals surface area contributed by atoms with E-state index in [0.717, 1.165) is 5.56 Å². The summed E-state index contributed by atoms with van der Waals surface area (Å²) in [5.41, 5.74) is 1.07. The van der Waals surface area contributed by atoms with Crippen molar-refractivity contribution in [2.75, 3.05) is 26.3 Å². The van der Waals surface area contributed by atoms with Gasteiger partial charge in [0, 0.05) is 13.0 Å². The van der Waals surface area contributed by atoms with Gasteiger partial charge in [0.25, 0.3) is 0 Å². The zero-order chi connectivity index (χ0) is 15.1. The highest BCUT2D eigenvalue weighted by atomic mass is 16.5. The monoisotopic (exact) mass is 291 g/mol.